The first-order chi connectivity index (χ1) is 15.8. The zero-order chi connectivity index (χ0) is 21.5. The lowest BCUT2D eigenvalue weighted by Crippen LogP contribution is -2.36. The molecule has 4 aromatic rings. The summed E-state index contributed by atoms with van der Waals surface area (Å²) in [5.74, 6) is 2.64. The van der Waals surface area contributed by atoms with Gasteiger partial charge >= 0.3 is 0 Å². The smallest absolute Gasteiger partial charge is 0.157 e. The molecule has 0 atom stereocenters. The molecular formula is C25H29N7. The molecule has 32 heavy (non-hydrogen) atoms. The monoisotopic (exact) mass is 427 g/mol. The largest absolute Gasteiger partial charge is 0.362 e. The lowest BCUT2D eigenvalue weighted by Gasteiger charge is -2.34. The third-order valence-corrected chi connectivity index (χ3v) is 7.13. The van der Waals surface area contributed by atoms with Crippen molar-refractivity contribution >= 4 is 16.6 Å². The van der Waals surface area contributed by atoms with Crippen molar-refractivity contribution in [1.29, 1.82) is 0 Å². The molecule has 2 aliphatic rings. The van der Waals surface area contributed by atoms with Gasteiger partial charge in [-0.05, 0) is 75.5 Å². The number of hydrogen-bond donors (Lipinski definition) is 1. The van der Waals surface area contributed by atoms with Gasteiger partial charge in [-0.1, -0.05) is 12.1 Å². The molecule has 1 saturated heterocycles. The van der Waals surface area contributed by atoms with Gasteiger partial charge in [-0.2, -0.15) is 0 Å². The molecule has 5 heterocycles. The van der Waals surface area contributed by atoms with Crippen LogP contribution in [0.15, 0.2) is 48.9 Å². The molecule has 0 saturated carbocycles. The van der Waals surface area contributed by atoms with E-state index in [2.05, 4.69) is 71.1 Å². The molecule has 6 rings (SSSR count). The van der Waals surface area contributed by atoms with Crippen molar-refractivity contribution in [2.24, 2.45) is 0 Å². The number of fused-ring (bicyclic) bond motifs is 4. The highest BCUT2D eigenvalue weighted by atomic mass is 15.3. The number of nitrogens with one attached hydrogen (secondary N) is 1. The number of anilines is 1. The Morgan fingerprint density at radius 2 is 1.88 bits per heavy atom. The molecule has 0 unspecified atom stereocenters. The summed E-state index contributed by atoms with van der Waals surface area (Å²) in [5, 5.41) is 10.1. The lowest BCUT2D eigenvalue weighted by molar-refractivity contribution is 0.211. The molecule has 7 heteroatoms. The highest BCUT2D eigenvalue weighted by Gasteiger charge is 2.26. The second-order valence-electron chi connectivity index (χ2n) is 9.04. The standard InChI is InChI=1S/C25H29N7/c1-18-28-29-25-17-31(23-5-2-3-6-24(23)32(18)25)12-4-11-30-13-8-19(9-14-30)21-15-27-22-16-26-10-7-20(21)22/h2-3,5-7,10,15-16,19,27H,4,8-9,11-14,17H2,1H3. The summed E-state index contributed by atoms with van der Waals surface area (Å²) in [7, 11) is 0. The number of aryl methyl sites for hydroxylation is 1. The molecule has 0 aliphatic carbocycles. The van der Waals surface area contributed by atoms with Crippen LogP contribution in [0.2, 0.25) is 0 Å². The molecule has 1 fully saturated rings. The number of piperidine rings is 1. The molecule has 0 radical (unpaired) electrons. The zero-order valence-electron chi connectivity index (χ0n) is 18.5. The number of aromatic nitrogens is 5. The Morgan fingerprint density at radius 3 is 2.75 bits per heavy atom. The molecule has 3 aromatic heterocycles. The molecule has 0 bridgehead atoms. The molecule has 164 valence electrons. The number of rotatable bonds is 5. The number of H-pyrrole nitrogens is 1. The molecule has 2 aliphatic heterocycles. The van der Waals surface area contributed by atoms with Gasteiger partial charge in [0, 0.05) is 24.3 Å². The van der Waals surface area contributed by atoms with Crippen LogP contribution in [0.4, 0.5) is 5.69 Å². The molecule has 7 nitrogen and oxygen atoms in total. The topological polar surface area (TPSA) is 65.9 Å². The molecule has 1 N–H and O–H groups in total. The average molecular weight is 428 g/mol. The van der Waals surface area contributed by atoms with E-state index >= 15 is 0 Å². The summed E-state index contributed by atoms with van der Waals surface area (Å²) in [4.78, 5) is 12.7. The van der Waals surface area contributed by atoms with E-state index in [1.807, 2.05) is 19.3 Å². The van der Waals surface area contributed by atoms with E-state index in [1.165, 1.54) is 48.3 Å². The van der Waals surface area contributed by atoms with Gasteiger partial charge in [0.15, 0.2) is 5.82 Å². The number of likely N-dealkylation sites (tertiary alicyclic amines) is 1. The van der Waals surface area contributed by atoms with Crippen LogP contribution in [0.5, 0.6) is 0 Å². The van der Waals surface area contributed by atoms with Gasteiger partial charge in [0.1, 0.15) is 5.82 Å². The van der Waals surface area contributed by atoms with Crippen molar-refractivity contribution in [2.75, 3.05) is 31.1 Å². The van der Waals surface area contributed by atoms with Gasteiger partial charge in [-0.3, -0.25) is 9.55 Å². The summed E-state index contributed by atoms with van der Waals surface area (Å²) in [6.45, 7) is 7.39. The first kappa shape index (κ1) is 19.5. The minimum absolute atomic E-state index is 0.644. The second-order valence-corrected chi connectivity index (χ2v) is 9.04. The van der Waals surface area contributed by atoms with Crippen molar-refractivity contribution in [1.82, 2.24) is 29.6 Å². The Kier molecular flexibility index (Phi) is 4.91. The highest BCUT2D eigenvalue weighted by molar-refractivity contribution is 5.82. The summed E-state index contributed by atoms with van der Waals surface area (Å²) in [6.07, 6.45) is 9.63. The highest BCUT2D eigenvalue weighted by Crippen LogP contribution is 2.34. The van der Waals surface area contributed by atoms with Gasteiger partial charge in [-0.25, -0.2) is 0 Å². The molecule has 0 amide bonds. The predicted molar refractivity (Wildman–Crippen MR) is 126 cm³/mol. The average Bonchev–Trinajstić information content (AvgIpc) is 3.43. The molecular weight excluding hydrogens is 398 g/mol. The van der Waals surface area contributed by atoms with Crippen molar-refractivity contribution in [3.8, 4) is 5.69 Å². The van der Waals surface area contributed by atoms with Crippen molar-refractivity contribution in [3.05, 3.63) is 66.1 Å². The lowest BCUT2D eigenvalue weighted by atomic mass is 9.89. The normalized spacial score (nSPS) is 17.0. The first-order valence-electron chi connectivity index (χ1n) is 11.7. The quantitative estimate of drug-likeness (QED) is 0.521. The first-order valence-corrected chi connectivity index (χ1v) is 11.7. The Hall–Kier alpha value is -3.19. The number of pyridine rings is 1. The van der Waals surface area contributed by atoms with Crippen LogP contribution in [-0.2, 0) is 6.54 Å². The fourth-order valence-electron chi connectivity index (χ4n) is 5.48. The SMILES string of the molecule is Cc1nnc2n1-c1ccccc1N(CCCN1CCC(c3c[nH]c4cnccc34)CC1)C2. The molecule has 0 spiro atoms. The maximum absolute atomic E-state index is 4.41. The third-order valence-electron chi connectivity index (χ3n) is 7.13. The minimum Gasteiger partial charge on any atom is -0.362 e. The van der Waals surface area contributed by atoms with E-state index in [9.17, 15) is 0 Å². The van der Waals surface area contributed by atoms with Crippen LogP contribution in [0, 0.1) is 6.92 Å². The summed E-state index contributed by atoms with van der Waals surface area (Å²) >= 11 is 0. The van der Waals surface area contributed by atoms with E-state index in [-0.39, 0.29) is 0 Å². The third kappa shape index (κ3) is 3.37. The minimum atomic E-state index is 0.644. The van der Waals surface area contributed by atoms with E-state index in [4.69, 9.17) is 0 Å². The van der Waals surface area contributed by atoms with Crippen LogP contribution < -0.4 is 4.90 Å². The van der Waals surface area contributed by atoms with E-state index in [1.54, 1.807) is 0 Å². The van der Waals surface area contributed by atoms with Crippen LogP contribution in [0.3, 0.4) is 0 Å². The van der Waals surface area contributed by atoms with Gasteiger partial charge in [0.05, 0.1) is 29.6 Å². The van der Waals surface area contributed by atoms with Crippen LogP contribution in [0.1, 0.15) is 42.4 Å². The van der Waals surface area contributed by atoms with Gasteiger partial charge < -0.3 is 14.8 Å². The van der Waals surface area contributed by atoms with Crippen molar-refractivity contribution in [2.45, 2.75) is 38.6 Å². The van der Waals surface area contributed by atoms with E-state index < -0.39 is 0 Å². The Bertz CT molecular complexity index is 1230. The van der Waals surface area contributed by atoms with Crippen LogP contribution in [0.25, 0.3) is 16.6 Å². The Balaban J connectivity index is 1.06. The maximum atomic E-state index is 4.41. The van der Waals surface area contributed by atoms with E-state index in [0.717, 1.165) is 43.2 Å². The summed E-state index contributed by atoms with van der Waals surface area (Å²) < 4.78 is 2.19. The van der Waals surface area contributed by atoms with Crippen molar-refractivity contribution < 1.29 is 0 Å². The Labute approximate surface area is 188 Å². The van der Waals surface area contributed by atoms with Crippen LogP contribution >= 0.6 is 0 Å². The number of para-hydroxylation sites is 2. The predicted octanol–water partition coefficient (Wildman–Crippen LogP) is 4.04. The molecule has 1 aromatic carbocycles. The van der Waals surface area contributed by atoms with E-state index in [0.29, 0.717) is 5.92 Å². The van der Waals surface area contributed by atoms with Gasteiger partial charge in [-0.15, -0.1) is 10.2 Å². The summed E-state index contributed by atoms with van der Waals surface area (Å²) in [5.41, 5.74) is 5.10. The number of aromatic amines is 1. The van der Waals surface area contributed by atoms with Gasteiger partial charge in [0.2, 0.25) is 0 Å². The number of hydrogen-bond acceptors (Lipinski definition) is 5. The fraction of sp³-hybridized carbons (Fsp3) is 0.400. The Morgan fingerprint density at radius 1 is 1.03 bits per heavy atom. The van der Waals surface area contributed by atoms with Gasteiger partial charge in [0.25, 0.3) is 0 Å². The fourth-order valence-corrected chi connectivity index (χ4v) is 5.48. The maximum Gasteiger partial charge on any atom is 0.157 e. The van der Waals surface area contributed by atoms with Crippen LogP contribution in [-0.4, -0.2) is 55.8 Å². The number of nitrogens with zero attached hydrogens (tertiary/aromatic N) is 6. The number of benzene rings is 1. The second kappa shape index (κ2) is 8.06. The zero-order valence-corrected chi connectivity index (χ0v) is 18.5. The summed E-state index contributed by atoms with van der Waals surface area (Å²) in [6, 6.07) is 10.8. The van der Waals surface area contributed by atoms with Crippen molar-refractivity contribution in [3.63, 3.8) is 0 Å².